The van der Waals surface area contributed by atoms with E-state index in [1.165, 1.54) is 5.56 Å². The topological polar surface area (TPSA) is 70.7 Å². The molecule has 17 heavy (non-hydrogen) atoms. The molecule has 5 nitrogen and oxygen atoms in total. The van der Waals surface area contributed by atoms with Crippen molar-refractivity contribution in [3.63, 3.8) is 0 Å². The van der Waals surface area contributed by atoms with Gasteiger partial charge in [-0.05, 0) is 32.4 Å². The average Bonchev–Trinajstić information content (AvgIpc) is 2.27. The van der Waals surface area contributed by atoms with Gasteiger partial charge in [-0.1, -0.05) is 17.7 Å². The number of H-pyrrole nitrogens is 1. The Labute approximate surface area is 98.9 Å². The highest BCUT2D eigenvalue weighted by molar-refractivity contribution is 5.58. The maximum Gasteiger partial charge on any atom is 0.273 e. The molecular weight excluding hydrogens is 216 g/mol. The second kappa shape index (κ2) is 4.37. The highest BCUT2D eigenvalue weighted by Crippen LogP contribution is 2.18. The van der Waals surface area contributed by atoms with E-state index in [4.69, 9.17) is 0 Å². The maximum atomic E-state index is 11.4. The van der Waals surface area contributed by atoms with Crippen molar-refractivity contribution in [1.82, 2.24) is 15.2 Å². The number of hydrogen-bond acceptors (Lipinski definition) is 4. The minimum Gasteiger partial charge on any atom is -0.324 e. The Kier molecular flexibility index (Phi) is 2.91. The maximum absolute atomic E-state index is 11.4. The number of nitrogens with one attached hydrogen (secondary N) is 2. The number of hydrogen-bond donors (Lipinski definition) is 2. The van der Waals surface area contributed by atoms with Gasteiger partial charge in [0.2, 0.25) is 5.95 Å². The molecule has 0 radical (unpaired) electrons. The van der Waals surface area contributed by atoms with Crippen LogP contribution in [-0.2, 0) is 0 Å². The Morgan fingerprint density at radius 3 is 2.59 bits per heavy atom. The Balaban J connectivity index is 2.31. The standard InChI is InChI=1S/C12H14N4O/c1-7-4-5-10(8(2)6-7)13-12-14-11(17)9(3)15-16-12/h4-6H,1-3H3,(H2,13,14,16,17). The molecule has 0 bridgehead atoms. The molecule has 0 unspecified atom stereocenters. The average molecular weight is 230 g/mol. The van der Waals surface area contributed by atoms with Gasteiger partial charge in [-0.15, -0.1) is 10.2 Å². The van der Waals surface area contributed by atoms with Crippen LogP contribution in [0.4, 0.5) is 11.6 Å². The fraction of sp³-hybridized carbons (Fsp3) is 0.250. The van der Waals surface area contributed by atoms with Crippen LogP contribution in [0.25, 0.3) is 0 Å². The van der Waals surface area contributed by atoms with Crippen molar-refractivity contribution in [1.29, 1.82) is 0 Å². The molecule has 2 rings (SSSR count). The highest BCUT2D eigenvalue weighted by Gasteiger charge is 2.02. The number of aromatic nitrogens is 3. The summed E-state index contributed by atoms with van der Waals surface area (Å²) in [5.74, 6) is 0.354. The smallest absolute Gasteiger partial charge is 0.273 e. The normalized spacial score (nSPS) is 10.3. The number of aromatic amines is 1. The largest absolute Gasteiger partial charge is 0.324 e. The van der Waals surface area contributed by atoms with Crippen molar-refractivity contribution >= 4 is 11.6 Å². The molecule has 2 N–H and O–H groups in total. The van der Waals surface area contributed by atoms with E-state index in [9.17, 15) is 4.79 Å². The van der Waals surface area contributed by atoms with Gasteiger partial charge in [0.1, 0.15) is 5.69 Å². The lowest BCUT2D eigenvalue weighted by Gasteiger charge is -2.08. The number of benzene rings is 1. The summed E-state index contributed by atoms with van der Waals surface area (Å²) >= 11 is 0. The van der Waals surface area contributed by atoms with Gasteiger partial charge in [0.25, 0.3) is 5.56 Å². The molecule has 5 heteroatoms. The minimum absolute atomic E-state index is 0.229. The van der Waals surface area contributed by atoms with Crippen LogP contribution in [0.5, 0.6) is 0 Å². The van der Waals surface area contributed by atoms with E-state index in [2.05, 4.69) is 26.6 Å². The van der Waals surface area contributed by atoms with Crippen molar-refractivity contribution in [3.8, 4) is 0 Å². The second-order valence-electron chi connectivity index (χ2n) is 4.03. The molecule has 0 amide bonds. The third-order valence-corrected chi connectivity index (χ3v) is 2.50. The fourth-order valence-corrected chi connectivity index (χ4v) is 1.53. The van der Waals surface area contributed by atoms with Gasteiger partial charge in [-0.2, -0.15) is 0 Å². The van der Waals surface area contributed by atoms with Crippen LogP contribution in [-0.4, -0.2) is 15.2 Å². The van der Waals surface area contributed by atoms with Gasteiger partial charge in [0, 0.05) is 5.69 Å². The zero-order valence-electron chi connectivity index (χ0n) is 10.0. The zero-order chi connectivity index (χ0) is 12.4. The van der Waals surface area contributed by atoms with Crippen molar-refractivity contribution in [2.45, 2.75) is 20.8 Å². The van der Waals surface area contributed by atoms with Crippen LogP contribution >= 0.6 is 0 Å². The van der Waals surface area contributed by atoms with Crippen LogP contribution < -0.4 is 10.9 Å². The first-order chi connectivity index (χ1) is 8.06. The van der Waals surface area contributed by atoms with E-state index < -0.39 is 0 Å². The van der Waals surface area contributed by atoms with Crippen molar-refractivity contribution in [2.24, 2.45) is 0 Å². The molecule has 1 aromatic carbocycles. The summed E-state index contributed by atoms with van der Waals surface area (Å²) in [6, 6.07) is 6.00. The van der Waals surface area contributed by atoms with E-state index >= 15 is 0 Å². The monoisotopic (exact) mass is 230 g/mol. The van der Waals surface area contributed by atoms with Crippen molar-refractivity contribution < 1.29 is 0 Å². The van der Waals surface area contributed by atoms with E-state index in [1.54, 1.807) is 6.92 Å². The van der Waals surface area contributed by atoms with Crippen LogP contribution in [0.3, 0.4) is 0 Å². The lowest BCUT2D eigenvalue weighted by atomic mass is 10.1. The van der Waals surface area contributed by atoms with E-state index in [0.29, 0.717) is 11.6 Å². The summed E-state index contributed by atoms with van der Waals surface area (Å²) in [6.07, 6.45) is 0. The summed E-state index contributed by atoms with van der Waals surface area (Å²) in [4.78, 5) is 14.0. The molecule has 2 aromatic rings. The van der Waals surface area contributed by atoms with Gasteiger partial charge < -0.3 is 5.32 Å². The molecule has 0 atom stereocenters. The van der Waals surface area contributed by atoms with Gasteiger partial charge >= 0.3 is 0 Å². The molecule has 0 aliphatic carbocycles. The van der Waals surface area contributed by atoms with Crippen LogP contribution in [0.2, 0.25) is 0 Å². The third kappa shape index (κ3) is 2.50. The third-order valence-electron chi connectivity index (χ3n) is 2.50. The summed E-state index contributed by atoms with van der Waals surface area (Å²) in [7, 11) is 0. The SMILES string of the molecule is Cc1ccc(Nc2nnc(C)c(=O)[nH]2)c(C)c1. The molecule has 1 heterocycles. The van der Waals surface area contributed by atoms with E-state index in [-0.39, 0.29) is 5.56 Å². The zero-order valence-corrected chi connectivity index (χ0v) is 10.0. The fourth-order valence-electron chi connectivity index (χ4n) is 1.53. The summed E-state index contributed by atoms with van der Waals surface area (Å²) in [5.41, 5.74) is 3.32. The molecule has 0 aliphatic rings. The predicted molar refractivity (Wildman–Crippen MR) is 66.6 cm³/mol. The van der Waals surface area contributed by atoms with Crippen molar-refractivity contribution in [3.05, 3.63) is 45.4 Å². The number of aryl methyl sites for hydroxylation is 3. The van der Waals surface area contributed by atoms with E-state index in [1.807, 2.05) is 26.0 Å². The first kappa shape index (κ1) is 11.3. The molecule has 88 valence electrons. The lowest BCUT2D eigenvalue weighted by Crippen LogP contribution is -2.15. The molecule has 0 aliphatic heterocycles. The second-order valence-corrected chi connectivity index (χ2v) is 4.03. The van der Waals surface area contributed by atoms with Crippen LogP contribution in [0.15, 0.2) is 23.0 Å². The Hall–Kier alpha value is -2.17. The van der Waals surface area contributed by atoms with Crippen LogP contribution in [0.1, 0.15) is 16.8 Å². The van der Waals surface area contributed by atoms with E-state index in [0.717, 1.165) is 11.3 Å². The Morgan fingerprint density at radius 1 is 1.18 bits per heavy atom. The summed E-state index contributed by atoms with van der Waals surface area (Å²) < 4.78 is 0. The molecule has 1 aromatic heterocycles. The molecule has 0 saturated heterocycles. The van der Waals surface area contributed by atoms with Gasteiger partial charge in [-0.25, -0.2) is 0 Å². The molecular formula is C12H14N4O. The molecule has 0 saturated carbocycles. The van der Waals surface area contributed by atoms with Gasteiger partial charge in [-0.3, -0.25) is 9.78 Å². The van der Waals surface area contributed by atoms with Crippen LogP contribution in [0, 0.1) is 20.8 Å². The molecule has 0 fully saturated rings. The van der Waals surface area contributed by atoms with Gasteiger partial charge in [0.05, 0.1) is 0 Å². The molecule has 0 spiro atoms. The quantitative estimate of drug-likeness (QED) is 0.825. The summed E-state index contributed by atoms with van der Waals surface area (Å²) in [5, 5.41) is 10.7. The lowest BCUT2D eigenvalue weighted by molar-refractivity contribution is 0.907. The highest BCUT2D eigenvalue weighted by atomic mass is 16.1. The Bertz CT molecular complexity index is 604. The minimum atomic E-state index is -0.229. The predicted octanol–water partition coefficient (Wildman–Crippen LogP) is 1.83. The Morgan fingerprint density at radius 2 is 1.94 bits per heavy atom. The first-order valence-electron chi connectivity index (χ1n) is 5.34. The number of anilines is 2. The number of nitrogens with zero attached hydrogens (tertiary/aromatic N) is 2. The first-order valence-corrected chi connectivity index (χ1v) is 5.34. The summed E-state index contributed by atoms with van der Waals surface area (Å²) in [6.45, 7) is 5.64. The van der Waals surface area contributed by atoms with Gasteiger partial charge in [0.15, 0.2) is 0 Å². The number of rotatable bonds is 2. The van der Waals surface area contributed by atoms with Crippen molar-refractivity contribution in [2.75, 3.05) is 5.32 Å².